The van der Waals surface area contributed by atoms with E-state index in [9.17, 15) is 4.79 Å². The zero-order valence-electron chi connectivity index (χ0n) is 12.7. The van der Waals surface area contributed by atoms with Gasteiger partial charge in [-0.15, -0.1) is 0 Å². The molecule has 0 radical (unpaired) electrons. The molecule has 110 valence electrons. The van der Waals surface area contributed by atoms with Gasteiger partial charge < -0.3 is 10.6 Å². The Morgan fingerprint density at radius 3 is 2.58 bits per heavy atom. The summed E-state index contributed by atoms with van der Waals surface area (Å²) < 4.78 is 0. The molecule has 2 N–H and O–H groups in total. The average molecular weight is 266 g/mol. The van der Waals surface area contributed by atoms with Gasteiger partial charge in [0.1, 0.15) is 0 Å². The van der Waals surface area contributed by atoms with Gasteiger partial charge in [0.25, 0.3) is 0 Å². The maximum Gasteiger partial charge on any atom is 0.221 e. The number of hydrogen-bond acceptors (Lipinski definition) is 2. The summed E-state index contributed by atoms with van der Waals surface area (Å²) in [4.78, 5) is 11.7. The minimum Gasteiger partial charge on any atom is -0.353 e. The number of rotatable bonds is 6. The molecular formula is C16H30N2O. The van der Waals surface area contributed by atoms with E-state index >= 15 is 0 Å². The van der Waals surface area contributed by atoms with Gasteiger partial charge in [-0.3, -0.25) is 4.79 Å². The summed E-state index contributed by atoms with van der Waals surface area (Å²) in [6.07, 6.45) is 6.96. The largest absolute Gasteiger partial charge is 0.353 e. The van der Waals surface area contributed by atoms with Crippen molar-refractivity contribution in [2.75, 3.05) is 6.54 Å². The van der Waals surface area contributed by atoms with Gasteiger partial charge in [-0.25, -0.2) is 0 Å². The Bertz CT molecular complexity index is 299. The lowest BCUT2D eigenvalue weighted by molar-refractivity contribution is -0.121. The summed E-state index contributed by atoms with van der Waals surface area (Å²) in [6, 6.07) is 1.10. The molecule has 3 heteroatoms. The topological polar surface area (TPSA) is 41.1 Å². The van der Waals surface area contributed by atoms with Gasteiger partial charge >= 0.3 is 0 Å². The minimum atomic E-state index is 0.222. The molecule has 0 aromatic rings. The third-order valence-electron chi connectivity index (χ3n) is 4.72. The van der Waals surface area contributed by atoms with Crippen LogP contribution in [-0.4, -0.2) is 24.5 Å². The predicted molar refractivity (Wildman–Crippen MR) is 78.9 cm³/mol. The van der Waals surface area contributed by atoms with Gasteiger partial charge in [0.2, 0.25) is 5.91 Å². The van der Waals surface area contributed by atoms with E-state index in [0.717, 1.165) is 24.3 Å². The average Bonchev–Trinajstić information content (AvgIpc) is 3.12. The van der Waals surface area contributed by atoms with Crippen molar-refractivity contribution in [2.45, 2.75) is 71.4 Å². The highest BCUT2D eigenvalue weighted by Gasteiger charge is 2.30. The van der Waals surface area contributed by atoms with Crippen LogP contribution in [0.2, 0.25) is 0 Å². The second-order valence-corrected chi connectivity index (χ2v) is 6.98. The molecule has 3 atom stereocenters. The standard InChI is InChI=1S/C16H30N2O/c1-11(2)14-7-4-12(3)10-15(14)17-9-8-16(19)18-13-5-6-13/h11-15,17H,4-10H2,1-3H3,(H,18,19). The molecule has 1 amide bonds. The van der Waals surface area contributed by atoms with Crippen molar-refractivity contribution in [3.63, 3.8) is 0 Å². The highest BCUT2D eigenvalue weighted by Crippen LogP contribution is 2.33. The third-order valence-corrected chi connectivity index (χ3v) is 4.72. The maximum atomic E-state index is 11.7. The molecule has 0 aromatic heterocycles. The van der Waals surface area contributed by atoms with Crippen molar-refractivity contribution in [3.8, 4) is 0 Å². The number of carbonyl (C=O) groups excluding carboxylic acids is 1. The van der Waals surface area contributed by atoms with Crippen molar-refractivity contribution in [1.29, 1.82) is 0 Å². The Morgan fingerprint density at radius 1 is 1.21 bits per heavy atom. The SMILES string of the molecule is CC1CCC(C(C)C)C(NCCC(=O)NC2CC2)C1. The molecule has 2 aliphatic rings. The summed E-state index contributed by atoms with van der Waals surface area (Å²) in [5.74, 6) is 2.57. The molecule has 0 spiro atoms. The van der Waals surface area contributed by atoms with Crippen molar-refractivity contribution in [1.82, 2.24) is 10.6 Å². The normalized spacial score (nSPS) is 31.5. The van der Waals surface area contributed by atoms with E-state index in [1.165, 1.54) is 32.1 Å². The molecule has 0 aromatic carbocycles. The monoisotopic (exact) mass is 266 g/mol. The summed E-state index contributed by atoms with van der Waals surface area (Å²) in [5, 5.41) is 6.70. The fourth-order valence-electron chi connectivity index (χ4n) is 3.34. The van der Waals surface area contributed by atoms with Crippen LogP contribution in [0.15, 0.2) is 0 Å². The Morgan fingerprint density at radius 2 is 1.95 bits per heavy atom. The zero-order valence-corrected chi connectivity index (χ0v) is 12.7. The predicted octanol–water partition coefficient (Wildman–Crippen LogP) is 2.71. The molecule has 2 fully saturated rings. The van der Waals surface area contributed by atoms with E-state index in [-0.39, 0.29) is 5.91 Å². The Hall–Kier alpha value is -0.570. The number of carbonyl (C=O) groups is 1. The van der Waals surface area contributed by atoms with E-state index in [0.29, 0.717) is 18.5 Å². The minimum absolute atomic E-state index is 0.222. The lowest BCUT2D eigenvalue weighted by atomic mass is 9.74. The van der Waals surface area contributed by atoms with Gasteiger partial charge in [0.05, 0.1) is 0 Å². The van der Waals surface area contributed by atoms with Crippen LogP contribution in [-0.2, 0) is 4.79 Å². The molecule has 0 bridgehead atoms. The van der Waals surface area contributed by atoms with Gasteiger partial charge in [0, 0.05) is 25.0 Å². The number of nitrogens with one attached hydrogen (secondary N) is 2. The molecule has 3 nitrogen and oxygen atoms in total. The van der Waals surface area contributed by atoms with Crippen LogP contribution in [0, 0.1) is 17.8 Å². The highest BCUT2D eigenvalue weighted by molar-refractivity contribution is 5.76. The van der Waals surface area contributed by atoms with Gasteiger partial charge in [-0.2, -0.15) is 0 Å². The zero-order chi connectivity index (χ0) is 13.8. The Balaban J connectivity index is 1.70. The van der Waals surface area contributed by atoms with E-state index in [2.05, 4.69) is 31.4 Å². The van der Waals surface area contributed by atoms with Crippen LogP contribution in [0.25, 0.3) is 0 Å². The first-order valence-corrected chi connectivity index (χ1v) is 8.09. The van der Waals surface area contributed by atoms with Crippen molar-refractivity contribution < 1.29 is 4.79 Å². The second kappa shape index (κ2) is 6.74. The first-order chi connectivity index (χ1) is 9.06. The van der Waals surface area contributed by atoms with Crippen molar-refractivity contribution in [3.05, 3.63) is 0 Å². The van der Waals surface area contributed by atoms with E-state index < -0.39 is 0 Å². The second-order valence-electron chi connectivity index (χ2n) is 6.98. The van der Waals surface area contributed by atoms with Crippen LogP contribution < -0.4 is 10.6 Å². The van der Waals surface area contributed by atoms with Gasteiger partial charge in [0.15, 0.2) is 0 Å². The fraction of sp³-hybridized carbons (Fsp3) is 0.938. The van der Waals surface area contributed by atoms with Crippen molar-refractivity contribution in [2.24, 2.45) is 17.8 Å². The van der Waals surface area contributed by atoms with Crippen LogP contribution in [0.1, 0.15) is 59.3 Å². The lowest BCUT2D eigenvalue weighted by Gasteiger charge is -2.38. The molecule has 2 aliphatic carbocycles. The molecule has 2 saturated carbocycles. The molecule has 0 aliphatic heterocycles. The van der Waals surface area contributed by atoms with E-state index in [1.54, 1.807) is 0 Å². The summed E-state index contributed by atoms with van der Waals surface area (Å²) in [6.45, 7) is 7.84. The maximum absolute atomic E-state index is 11.7. The summed E-state index contributed by atoms with van der Waals surface area (Å²) in [7, 11) is 0. The Kier molecular flexibility index (Phi) is 5.26. The number of amides is 1. The van der Waals surface area contributed by atoms with Crippen molar-refractivity contribution >= 4 is 5.91 Å². The van der Waals surface area contributed by atoms with Crippen LogP contribution in [0.3, 0.4) is 0 Å². The van der Waals surface area contributed by atoms with Crippen LogP contribution in [0.4, 0.5) is 0 Å². The smallest absolute Gasteiger partial charge is 0.221 e. The van der Waals surface area contributed by atoms with Gasteiger partial charge in [-0.1, -0.05) is 27.2 Å². The summed E-state index contributed by atoms with van der Waals surface area (Å²) in [5.41, 5.74) is 0. The molecule has 0 heterocycles. The molecular weight excluding hydrogens is 236 g/mol. The van der Waals surface area contributed by atoms with E-state index in [4.69, 9.17) is 0 Å². The molecule has 0 saturated heterocycles. The lowest BCUT2D eigenvalue weighted by Crippen LogP contribution is -2.44. The third kappa shape index (κ3) is 4.79. The fourth-order valence-corrected chi connectivity index (χ4v) is 3.34. The quantitative estimate of drug-likeness (QED) is 0.776. The van der Waals surface area contributed by atoms with E-state index in [1.807, 2.05) is 0 Å². The summed E-state index contributed by atoms with van der Waals surface area (Å²) >= 11 is 0. The Labute approximate surface area is 117 Å². The number of hydrogen-bond donors (Lipinski definition) is 2. The molecule has 3 unspecified atom stereocenters. The van der Waals surface area contributed by atoms with Crippen LogP contribution in [0.5, 0.6) is 0 Å². The van der Waals surface area contributed by atoms with Gasteiger partial charge in [-0.05, 0) is 43.4 Å². The first kappa shape index (κ1) is 14.8. The van der Waals surface area contributed by atoms with Crippen LogP contribution >= 0.6 is 0 Å². The first-order valence-electron chi connectivity index (χ1n) is 8.09. The highest BCUT2D eigenvalue weighted by atomic mass is 16.1. The molecule has 2 rings (SSSR count). The molecule has 19 heavy (non-hydrogen) atoms.